The fraction of sp³-hybridized carbons (Fsp3) is 0.0588. The van der Waals surface area contributed by atoms with Gasteiger partial charge in [0.05, 0.1) is 4.92 Å². The number of amides is 1. The zero-order valence-corrected chi connectivity index (χ0v) is 12.6. The molecule has 2 aromatic rings. The Hall–Kier alpha value is -3.28. The molecule has 0 aliphatic heterocycles. The van der Waals surface area contributed by atoms with Gasteiger partial charge in [-0.2, -0.15) is 0 Å². The lowest BCUT2D eigenvalue weighted by molar-refractivity contribution is -0.385. The Labute approximate surface area is 133 Å². The van der Waals surface area contributed by atoms with Gasteiger partial charge in [-0.15, -0.1) is 0 Å². The van der Waals surface area contributed by atoms with Gasteiger partial charge in [0, 0.05) is 18.7 Å². The predicted octanol–water partition coefficient (Wildman–Crippen LogP) is 2.74. The quantitative estimate of drug-likeness (QED) is 0.407. The number of carbonyl (C=O) groups excluding carboxylic acids is 2. The van der Waals surface area contributed by atoms with Crippen LogP contribution >= 0.6 is 0 Å². The number of nitro benzene ring substituents is 1. The Bertz CT molecular complexity index is 712. The fourth-order valence-electron chi connectivity index (χ4n) is 1.67. The monoisotopic (exact) mass is 312 g/mol. The number of para-hydroxylation sites is 1. The first-order chi connectivity index (χ1) is 11.0. The van der Waals surface area contributed by atoms with Gasteiger partial charge in [-0.25, -0.2) is 0 Å². The molecule has 0 unspecified atom stereocenters. The van der Waals surface area contributed by atoms with Crippen LogP contribution in [0.15, 0.2) is 67.3 Å². The van der Waals surface area contributed by atoms with E-state index in [-0.39, 0.29) is 22.9 Å². The summed E-state index contributed by atoms with van der Waals surface area (Å²) in [7, 11) is 1.56. The minimum absolute atomic E-state index is 0.115. The molecule has 0 saturated heterocycles. The Balaban J connectivity index is 0.000000379. The van der Waals surface area contributed by atoms with Gasteiger partial charge < -0.3 is 5.32 Å². The van der Waals surface area contributed by atoms with Crippen molar-refractivity contribution in [1.82, 2.24) is 5.32 Å². The summed E-state index contributed by atoms with van der Waals surface area (Å²) in [6.07, 6.45) is 1.22. The minimum Gasteiger partial charge on any atom is -0.356 e. The van der Waals surface area contributed by atoms with E-state index < -0.39 is 4.92 Å². The third-order valence-corrected chi connectivity index (χ3v) is 2.81. The third kappa shape index (κ3) is 5.20. The lowest BCUT2D eigenvalue weighted by Crippen LogP contribution is -2.13. The topological polar surface area (TPSA) is 89.3 Å². The smallest absolute Gasteiger partial charge is 0.280 e. The summed E-state index contributed by atoms with van der Waals surface area (Å²) in [6, 6.07) is 14.5. The first kappa shape index (κ1) is 17.8. The summed E-state index contributed by atoms with van der Waals surface area (Å²) in [5.41, 5.74) is 0.395. The second kappa shape index (κ2) is 8.89. The number of hydrogen-bond acceptors (Lipinski definition) is 4. The van der Waals surface area contributed by atoms with Crippen LogP contribution in [-0.4, -0.2) is 23.7 Å². The summed E-state index contributed by atoms with van der Waals surface area (Å²) in [5.74, 6) is -0.479. The van der Waals surface area contributed by atoms with Crippen molar-refractivity contribution in [2.75, 3.05) is 7.05 Å². The molecule has 1 N–H and O–H groups in total. The maximum atomic E-state index is 12.1. The van der Waals surface area contributed by atoms with E-state index in [1.807, 2.05) is 0 Å². The molecule has 0 aliphatic rings. The van der Waals surface area contributed by atoms with Crippen LogP contribution in [0, 0.1) is 10.1 Å². The van der Waals surface area contributed by atoms with Crippen molar-refractivity contribution in [2.45, 2.75) is 0 Å². The van der Waals surface area contributed by atoms with Crippen molar-refractivity contribution in [1.29, 1.82) is 0 Å². The van der Waals surface area contributed by atoms with Crippen LogP contribution in [-0.2, 0) is 4.79 Å². The van der Waals surface area contributed by atoms with Crippen LogP contribution in [0.4, 0.5) is 5.69 Å². The molecule has 118 valence electrons. The van der Waals surface area contributed by atoms with Crippen molar-refractivity contribution in [3.63, 3.8) is 0 Å². The van der Waals surface area contributed by atoms with Crippen molar-refractivity contribution < 1.29 is 14.5 Å². The Kier molecular flexibility index (Phi) is 6.87. The minimum atomic E-state index is -0.545. The van der Waals surface area contributed by atoms with Crippen LogP contribution < -0.4 is 5.32 Å². The fourth-order valence-corrected chi connectivity index (χ4v) is 1.67. The Morgan fingerprint density at radius 2 is 1.65 bits per heavy atom. The lowest BCUT2D eigenvalue weighted by Gasteiger charge is -2.01. The third-order valence-electron chi connectivity index (χ3n) is 2.81. The average molecular weight is 312 g/mol. The molecule has 6 nitrogen and oxygen atoms in total. The van der Waals surface area contributed by atoms with Gasteiger partial charge >= 0.3 is 0 Å². The van der Waals surface area contributed by atoms with E-state index in [0.717, 1.165) is 0 Å². The van der Waals surface area contributed by atoms with Gasteiger partial charge in [-0.3, -0.25) is 19.7 Å². The van der Waals surface area contributed by atoms with Crippen LogP contribution in [0.5, 0.6) is 0 Å². The molecule has 2 aromatic carbocycles. The molecule has 0 spiro atoms. The zero-order chi connectivity index (χ0) is 17.2. The van der Waals surface area contributed by atoms with Crippen molar-refractivity contribution >= 4 is 17.4 Å². The van der Waals surface area contributed by atoms with Gasteiger partial charge in [0.25, 0.3) is 5.69 Å². The molecule has 1 amide bonds. The van der Waals surface area contributed by atoms with E-state index >= 15 is 0 Å². The molecular formula is C17H16N2O4. The molecule has 0 fully saturated rings. The number of carbonyl (C=O) groups is 2. The van der Waals surface area contributed by atoms with Crippen molar-refractivity contribution in [3.05, 3.63) is 88.5 Å². The van der Waals surface area contributed by atoms with E-state index in [2.05, 4.69) is 11.9 Å². The average Bonchev–Trinajstić information content (AvgIpc) is 2.61. The molecule has 0 heterocycles. The SMILES string of the molecule is C=CC(=O)NC.O=C(c1ccccc1)c1ccccc1[N+](=O)[O-]. The Morgan fingerprint density at radius 3 is 2.13 bits per heavy atom. The summed E-state index contributed by atoms with van der Waals surface area (Å²) >= 11 is 0. The number of nitrogens with one attached hydrogen (secondary N) is 1. The number of nitro groups is 1. The molecule has 0 saturated carbocycles. The van der Waals surface area contributed by atoms with Gasteiger partial charge in [-0.1, -0.05) is 49.0 Å². The number of likely N-dealkylation sites (N-methyl/N-ethyl adjacent to an activating group) is 1. The first-order valence-electron chi connectivity index (χ1n) is 6.68. The van der Waals surface area contributed by atoms with E-state index in [4.69, 9.17) is 0 Å². The summed E-state index contributed by atoms with van der Waals surface area (Å²) < 4.78 is 0. The summed E-state index contributed by atoms with van der Waals surface area (Å²) in [6.45, 7) is 3.22. The highest BCUT2D eigenvalue weighted by atomic mass is 16.6. The van der Waals surface area contributed by atoms with Crippen molar-refractivity contribution in [2.24, 2.45) is 0 Å². The van der Waals surface area contributed by atoms with E-state index in [1.165, 1.54) is 18.2 Å². The van der Waals surface area contributed by atoms with Crippen LogP contribution in [0.1, 0.15) is 15.9 Å². The van der Waals surface area contributed by atoms with Crippen LogP contribution in [0.25, 0.3) is 0 Å². The summed E-state index contributed by atoms with van der Waals surface area (Å²) in [5, 5.41) is 13.2. The van der Waals surface area contributed by atoms with E-state index in [9.17, 15) is 19.7 Å². The van der Waals surface area contributed by atoms with Gasteiger partial charge in [0.15, 0.2) is 5.78 Å². The molecule has 0 radical (unpaired) electrons. The highest BCUT2D eigenvalue weighted by molar-refractivity contribution is 6.11. The van der Waals surface area contributed by atoms with E-state index in [0.29, 0.717) is 5.56 Å². The molecule has 6 heteroatoms. The van der Waals surface area contributed by atoms with Gasteiger partial charge in [-0.05, 0) is 12.1 Å². The second-order valence-electron chi connectivity index (χ2n) is 4.29. The molecular weight excluding hydrogens is 296 g/mol. The Morgan fingerprint density at radius 1 is 1.09 bits per heavy atom. The summed E-state index contributed by atoms with van der Waals surface area (Å²) in [4.78, 5) is 32.3. The second-order valence-corrected chi connectivity index (χ2v) is 4.29. The standard InChI is InChI=1S/C13H9NO3.C4H7NO/c15-13(10-6-2-1-3-7-10)11-8-4-5-9-12(11)14(16)17;1-3-4(6)5-2/h1-9H;3H,1H2,2H3,(H,5,6). The highest BCUT2D eigenvalue weighted by Crippen LogP contribution is 2.20. The molecule has 0 atom stereocenters. The molecule has 23 heavy (non-hydrogen) atoms. The zero-order valence-electron chi connectivity index (χ0n) is 12.6. The van der Waals surface area contributed by atoms with Gasteiger partial charge in [0.2, 0.25) is 5.91 Å². The van der Waals surface area contributed by atoms with Crippen molar-refractivity contribution in [3.8, 4) is 0 Å². The molecule has 0 bridgehead atoms. The maximum Gasteiger partial charge on any atom is 0.280 e. The lowest BCUT2D eigenvalue weighted by atomic mass is 10.0. The number of benzene rings is 2. The largest absolute Gasteiger partial charge is 0.356 e. The van der Waals surface area contributed by atoms with Gasteiger partial charge in [0.1, 0.15) is 5.56 Å². The first-order valence-corrected chi connectivity index (χ1v) is 6.68. The van der Waals surface area contributed by atoms with Crippen LogP contribution in [0.2, 0.25) is 0 Å². The number of nitrogens with zero attached hydrogens (tertiary/aromatic N) is 1. The highest BCUT2D eigenvalue weighted by Gasteiger charge is 2.19. The molecule has 2 rings (SSSR count). The predicted molar refractivity (Wildman–Crippen MR) is 87.2 cm³/mol. The number of hydrogen-bond donors (Lipinski definition) is 1. The maximum absolute atomic E-state index is 12.1. The number of ketones is 1. The van der Waals surface area contributed by atoms with Crippen LogP contribution in [0.3, 0.4) is 0 Å². The normalized spacial score (nSPS) is 9.09. The molecule has 0 aliphatic carbocycles. The number of rotatable bonds is 4. The van der Waals surface area contributed by atoms with E-state index in [1.54, 1.807) is 49.5 Å². The molecule has 0 aromatic heterocycles.